The van der Waals surface area contributed by atoms with Crippen LogP contribution in [0.2, 0.25) is 0 Å². The van der Waals surface area contributed by atoms with Crippen molar-refractivity contribution in [3.05, 3.63) is 0 Å². The maximum absolute atomic E-state index is 11.9. The van der Waals surface area contributed by atoms with Crippen molar-refractivity contribution < 1.29 is 9.90 Å². The number of hydrogen-bond acceptors (Lipinski definition) is 3. The van der Waals surface area contributed by atoms with Gasteiger partial charge in [0.2, 0.25) is 5.91 Å². The van der Waals surface area contributed by atoms with Gasteiger partial charge in [-0.15, -0.1) is 0 Å². The molecule has 0 radical (unpaired) electrons. The van der Waals surface area contributed by atoms with Crippen molar-refractivity contribution in [2.75, 3.05) is 20.1 Å². The molecule has 0 heterocycles. The van der Waals surface area contributed by atoms with Crippen molar-refractivity contribution in [1.29, 1.82) is 0 Å². The molecule has 94 valence electrons. The second kappa shape index (κ2) is 4.72. The van der Waals surface area contributed by atoms with Crippen LogP contribution in [0.15, 0.2) is 0 Å². The molecule has 1 fully saturated rings. The first-order valence-corrected chi connectivity index (χ1v) is 5.94. The predicted molar refractivity (Wildman–Crippen MR) is 63.9 cm³/mol. The van der Waals surface area contributed by atoms with Gasteiger partial charge in [0, 0.05) is 20.0 Å². The summed E-state index contributed by atoms with van der Waals surface area (Å²) in [5.41, 5.74) is 4.94. The van der Waals surface area contributed by atoms with E-state index in [2.05, 4.69) is 0 Å². The van der Waals surface area contributed by atoms with Crippen LogP contribution in [0.3, 0.4) is 0 Å². The SMILES string of the molecule is CN(CC(C)(C)O)C(=O)CC1(CN)CCC1. The zero-order valence-electron chi connectivity index (χ0n) is 10.6. The van der Waals surface area contributed by atoms with Crippen molar-refractivity contribution in [3.8, 4) is 0 Å². The smallest absolute Gasteiger partial charge is 0.223 e. The molecule has 1 aliphatic carbocycles. The lowest BCUT2D eigenvalue weighted by Gasteiger charge is -2.41. The van der Waals surface area contributed by atoms with Crippen molar-refractivity contribution >= 4 is 5.91 Å². The topological polar surface area (TPSA) is 66.6 Å². The zero-order chi connectivity index (χ0) is 12.4. The summed E-state index contributed by atoms with van der Waals surface area (Å²) < 4.78 is 0. The van der Waals surface area contributed by atoms with E-state index in [1.807, 2.05) is 0 Å². The Morgan fingerprint density at radius 2 is 2.06 bits per heavy atom. The monoisotopic (exact) mass is 228 g/mol. The first-order valence-electron chi connectivity index (χ1n) is 5.94. The highest BCUT2D eigenvalue weighted by molar-refractivity contribution is 5.76. The quantitative estimate of drug-likeness (QED) is 0.729. The molecule has 0 spiro atoms. The molecule has 0 bridgehead atoms. The average molecular weight is 228 g/mol. The van der Waals surface area contributed by atoms with Crippen LogP contribution < -0.4 is 5.73 Å². The van der Waals surface area contributed by atoms with E-state index in [-0.39, 0.29) is 11.3 Å². The van der Waals surface area contributed by atoms with Gasteiger partial charge in [0.15, 0.2) is 0 Å². The van der Waals surface area contributed by atoms with Crippen molar-refractivity contribution in [2.45, 2.75) is 45.1 Å². The lowest BCUT2D eigenvalue weighted by atomic mass is 9.66. The number of amides is 1. The van der Waals surface area contributed by atoms with E-state index >= 15 is 0 Å². The van der Waals surface area contributed by atoms with Gasteiger partial charge in [-0.25, -0.2) is 0 Å². The van der Waals surface area contributed by atoms with E-state index in [1.165, 1.54) is 6.42 Å². The lowest BCUT2D eigenvalue weighted by Crippen LogP contribution is -2.45. The number of likely N-dealkylation sites (N-methyl/N-ethyl adjacent to an activating group) is 1. The van der Waals surface area contributed by atoms with Gasteiger partial charge in [-0.3, -0.25) is 4.79 Å². The Morgan fingerprint density at radius 3 is 2.38 bits per heavy atom. The largest absolute Gasteiger partial charge is 0.389 e. The number of rotatable bonds is 5. The van der Waals surface area contributed by atoms with Crippen LogP contribution in [0.1, 0.15) is 39.5 Å². The van der Waals surface area contributed by atoms with E-state index in [9.17, 15) is 9.90 Å². The molecular formula is C12H24N2O2. The first-order chi connectivity index (χ1) is 7.28. The molecule has 0 aromatic carbocycles. The van der Waals surface area contributed by atoms with Gasteiger partial charge in [-0.1, -0.05) is 6.42 Å². The maximum Gasteiger partial charge on any atom is 0.223 e. The Balaban J connectivity index is 2.45. The normalized spacial score (nSPS) is 19.1. The molecule has 1 saturated carbocycles. The van der Waals surface area contributed by atoms with E-state index in [0.717, 1.165) is 12.8 Å². The Bertz CT molecular complexity index is 249. The van der Waals surface area contributed by atoms with Crippen molar-refractivity contribution in [1.82, 2.24) is 4.90 Å². The third-order valence-corrected chi connectivity index (χ3v) is 3.42. The van der Waals surface area contributed by atoms with Crippen LogP contribution in [-0.4, -0.2) is 41.7 Å². The molecule has 3 N–H and O–H groups in total. The molecule has 4 heteroatoms. The number of nitrogens with zero attached hydrogens (tertiary/aromatic N) is 1. The molecule has 0 saturated heterocycles. The fraction of sp³-hybridized carbons (Fsp3) is 0.917. The van der Waals surface area contributed by atoms with E-state index in [4.69, 9.17) is 5.73 Å². The summed E-state index contributed by atoms with van der Waals surface area (Å²) in [6.07, 6.45) is 3.83. The minimum Gasteiger partial charge on any atom is -0.389 e. The van der Waals surface area contributed by atoms with Crippen LogP contribution in [0.25, 0.3) is 0 Å². The van der Waals surface area contributed by atoms with Crippen LogP contribution in [0.4, 0.5) is 0 Å². The number of carbonyl (C=O) groups is 1. The Kier molecular flexibility index (Phi) is 3.97. The summed E-state index contributed by atoms with van der Waals surface area (Å²) in [6, 6.07) is 0. The molecule has 1 rings (SSSR count). The summed E-state index contributed by atoms with van der Waals surface area (Å²) in [4.78, 5) is 13.6. The molecule has 4 nitrogen and oxygen atoms in total. The molecule has 1 amide bonds. The summed E-state index contributed by atoms with van der Waals surface area (Å²) in [7, 11) is 1.74. The Morgan fingerprint density at radius 1 is 1.50 bits per heavy atom. The average Bonchev–Trinajstić information content (AvgIpc) is 2.08. The number of nitrogens with two attached hydrogens (primary N) is 1. The highest BCUT2D eigenvalue weighted by Gasteiger charge is 2.38. The number of carbonyl (C=O) groups excluding carboxylic acids is 1. The zero-order valence-corrected chi connectivity index (χ0v) is 10.6. The number of aliphatic hydroxyl groups is 1. The van der Waals surface area contributed by atoms with E-state index < -0.39 is 5.60 Å². The Labute approximate surface area is 97.8 Å². The van der Waals surface area contributed by atoms with Crippen LogP contribution in [0.5, 0.6) is 0 Å². The third kappa shape index (κ3) is 3.46. The molecule has 16 heavy (non-hydrogen) atoms. The van der Waals surface area contributed by atoms with E-state index in [0.29, 0.717) is 19.5 Å². The highest BCUT2D eigenvalue weighted by Crippen LogP contribution is 2.43. The van der Waals surface area contributed by atoms with Gasteiger partial charge < -0.3 is 15.7 Å². The van der Waals surface area contributed by atoms with Gasteiger partial charge in [-0.05, 0) is 38.6 Å². The van der Waals surface area contributed by atoms with Gasteiger partial charge in [0.25, 0.3) is 0 Å². The molecule has 0 aromatic heterocycles. The van der Waals surface area contributed by atoms with E-state index in [1.54, 1.807) is 25.8 Å². The molecule has 0 aliphatic heterocycles. The molecule has 1 aliphatic rings. The third-order valence-electron chi connectivity index (χ3n) is 3.42. The van der Waals surface area contributed by atoms with Crippen LogP contribution >= 0.6 is 0 Å². The van der Waals surface area contributed by atoms with Gasteiger partial charge in [-0.2, -0.15) is 0 Å². The lowest BCUT2D eigenvalue weighted by molar-refractivity contribution is -0.136. The fourth-order valence-electron chi connectivity index (χ4n) is 2.25. The Hall–Kier alpha value is -0.610. The fourth-order valence-corrected chi connectivity index (χ4v) is 2.25. The molecule has 0 aromatic rings. The maximum atomic E-state index is 11.9. The highest BCUT2D eigenvalue weighted by atomic mass is 16.3. The summed E-state index contributed by atoms with van der Waals surface area (Å²) in [5.74, 6) is 0.0901. The predicted octanol–water partition coefficient (Wildman–Crippen LogP) is 0.735. The van der Waals surface area contributed by atoms with Crippen molar-refractivity contribution in [2.24, 2.45) is 11.1 Å². The minimum absolute atomic E-state index is 0.0466. The standard InChI is InChI=1S/C12H24N2O2/c1-11(2,16)9-14(3)10(15)7-12(8-13)5-4-6-12/h16H,4-9,13H2,1-3H3. The summed E-state index contributed by atoms with van der Waals surface area (Å²) in [6.45, 7) is 4.37. The second-order valence-electron chi connectivity index (χ2n) is 5.80. The van der Waals surface area contributed by atoms with Gasteiger partial charge in [0.1, 0.15) is 0 Å². The molecular weight excluding hydrogens is 204 g/mol. The second-order valence-corrected chi connectivity index (χ2v) is 5.80. The summed E-state index contributed by atoms with van der Waals surface area (Å²) in [5, 5.41) is 9.65. The minimum atomic E-state index is -0.833. The van der Waals surface area contributed by atoms with Crippen LogP contribution in [-0.2, 0) is 4.79 Å². The molecule has 0 unspecified atom stereocenters. The number of hydrogen-bond donors (Lipinski definition) is 2. The molecule has 0 atom stereocenters. The first kappa shape index (κ1) is 13.5. The van der Waals surface area contributed by atoms with Crippen LogP contribution in [0, 0.1) is 5.41 Å². The van der Waals surface area contributed by atoms with Gasteiger partial charge in [0.05, 0.1) is 5.60 Å². The van der Waals surface area contributed by atoms with Gasteiger partial charge >= 0.3 is 0 Å². The summed E-state index contributed by atoms with van der Waals surface area (Å²) >= 11 is 0. The van der Waals surface area contributed by atoms with Crippen molar-refractivity contribution in [3.63, 3.8) is 0 Å².